The van der Waals surface area contributed by atoms with E-state index in [2.05, 4.69) is 24.3 Å². The van der Waals surface area contributed by atoms with E-state index in [1.165, 1.54) is 0 Å². The van der Waals surface area contributed by atoms with E-state index in [0.29, 0.717) is 33.3 Å². The van der Waals surface area contributed by atoms with Crippen LogP contribution in [0.1, 0.15) is 27.8 Å². The highest BCUT2D eigenvalue weighted by Crippen LogP contribution is 2.46. The number of hydrogen-bond donors (Lipinski definition) is 0. The summed E-state index contributed by atoms with van der Waals surface area (Å²) in [5, 5.41) is 3.63. The Kier molecular flexibility index (Phi) is 7.16. The van der Waals surface area contributed by atoms with Gasteiger partial charge in [0.2, 0.25) is 0 Å². The lowest BCUT2D eigenvalue weighted by molar-refractivity contribution is -0.137. The van der Waals surface area contributed by atoms with Crippen molar-refractivity contribution in [3.63, 3.8) is 0 Å². The van der Waals surface area contributed by atoms with Gasteiger partial charge in [0.1, 0.15) is 5.56 Å². The number of nitrogens with zero attached hydrogens (tertiary/aromatic N) is 3. The van der Waals surface area contributed by atoms with Gasteiger partial charge < -0.3 is 9.13 Å². The minimum absolute atomic E-state index is 0.0499. The summed E-state index contributed by atoms with van der Waals surface area (Å²) in [7, 11) is 0. The zero-order valence-electron chi connectivity index (χ0n) is 29.2. The van der Waals surface area contributed by atoms with Gasteiger partial charge in [-0.25, -0.2) is 4.98 Å². The molecule has 0 saturated heterocycles. The molecule has 9 rings (SSSR count). The summed E-state index contributed by atoms with van der Waals surface area (Å²) in [6, 6.07) is 42.7. The van der Waals surface area contributed by atoms with E-state index in [4.69, 9.17) is 4.98 Å². The van der Waals surface area contributed by atoms with Crippen LogP contribution >= 0.6 is 0 Å². The van der Waals surface area contributed by atoms with Crippen LogP contribution in [0, 0.1) is 27.7 Å². The molecule has 9 aromatic rings. The third-order valence-electron chi connectivity index (χ3n) is 10.1. The van der Waals surface area contributed by atoms with Gasteiger partial charge in [-0.3, -0.25) is 0 Å². The van der Waals surface area contributed by atoms with E-state index >= 15 is 13.2 Å². The van der Waals surface area contributed by atoms with E-state index in [9.17, 15) is 0 Å². The fourth-order valence-electron chi connectivity index (χ4n) is 7.79. The Morgan fingerprint density at radius 1 is 0.423 bits per heavy atom. The maximum absolute atomic E-state index is 16.1. The largest absolute Gasteiger partial charge is 0.420 e. The second kappa shape index (κ2) is 11.7. The van der Waals surface area contributed by atoms with Crippen molar-refractivity contribution in [2.45, 2.75) is 33.9 Å². The van der Waals surface area contributed by atoms with Crippen LogP contribution in [0.15, 0.2) is 133 Å². The summed E-state index contributed by atoms with van der Waals surface area (Å²) in [5.41, 5.74) is 9.21. The highest BCUT2D eigenvalue weighted by molar-refractivity contribution is 6.11. The molecule has 0 atom stereocenters. The maximum Gasteiger partial charge on any atom is 0.420 e. The Labute approximate surface area is 299 Å². The number of pyridine rings is 1. The normalized spacial score (nSPS) is 12.1. The van der Waals surface area contributed by atoms with Crippen LogP contribution in [0.25, 0.3) is 77.5 Å². The molecule has 0 radical (unpaired) electrons. The lowest BCUT2D eigenvalue weighted by Gasteiger charge is -2.23. The number of halogens is 3. The quantitative estimate of drug-likeness (QED) is 0.181. The Morgan fingerprint density at radius 2 is 0.808 bits per heavy atom. The number of alkyl halides is 3. The lowest BCUT2D eigenvalue weighted by Crippen LogP contribution is -2.16. The van der Waals surface area contributed by atoms with Crippen LogP contribution in [0.2, 0.25) is 0 Å². The van der Waals surface area contributed by atoms with E-state index in [-0.39, 0.29) is 11.4 Å². The van der Waals surface area contributed by atoms with Crippen LogP contribution in [-0.4, -0.2) is 14.1 Å². The molecule has 0 spiro atoms. The highest BCUT2D eigenvalue weighted by Gasteiger charge is 2.39. The van der Waals surface area contributed by atoms with Gasteiger partial charge in [-0.05, 0) is 100 Å². The molecule has 0 fully saturated rings. The molecule has 254 valence electrons. The van der Waals surface area contributed by atoms with Crippen LogP contribution < -0.4 is 0 Å². The summed E-state index contributed by atoms with van der Waals surface area (Å²) < 4.78 is 52.0. The predicted molar refractivity (Wildman–Crippen MR) is 208 cm³/mol. The van der Waals surface area contributed by atoms with Crippen molar-refractivity contribution < 1.29 is 13.2 Å². The number of aryl methyl sites for hydroxylation is 4. The van der Waals surface area contributed by atoms with E-state index < -0.39 is 11.7 Å². The molecule has 52 heavy (non-hydrogen) atoms. The summed E-state index contributed by atoms with van der Waals surface area (Å²) in [6.07, 6.45) is -4.72. The van der Waals surface area contributed by atoms with Crippen molar-refractivity contribution in [3.8, 4) is 33.9 Å². The van der Waals surface area contributed by atoms with E-state index in [1.54, 1.807) is 21.3 Å². The van der Waals surface area contributed by atoms with Gasteiger partial charge in [-0.1, -0.05) is 82.9 Å². The number of rotatable bonds is 4. The molecule has 6 heteroatoms. The van der Waals surface area contributed by atoms with Gasteiger partial charge in [-0.15, -0.1) is 0 Å². The van der Waals surface area contributed by atoms with Crippen molar-refractivity contribution in [2.75, 3.05) is 0 Å². The molecule has 0 aliphatic carbocycles. The van der Waals surface area contributed by atoms with Gasteiger partial charge >= 0.3 is 6.18 Å². The van der Waals surface area contributed by atoms with Crippen LogP contribution in [0.5, 0.6) is 0 Å². The predicted octanol–water partition coefficient (Wildman–Crippen LogP) is 12.9. The average Bonchev–Trinajstić information content (AvgIpc) is 3.62. The van der Waals surface area contributed by atoms with Crippen molar-refractivity contribution in [1.29, 1.82) is 0 Å². The van der Waals surface area contributed by atoms with Crippen LogP contribution in [0.4, 0.5) is 13.2 Å². The van der Waals surface area contributed by atoms with Crippen molar-refractivity contribution >= 4 is 43.6 Å². The molecular weight excluding hydrogens is 652 g/mol. The average molecular weight is 686 g/mol. The Hall–Kier alpha value is -6.14. The SMILES string of the molecule is Cc1ccc2c(c1)c1cc(C)ccc1n2-c1cc(-c2cccc(-c3ccccc3)n2)cc(-n2c3ccc(C)cc3c3cc(C)ccc32)c1C(F)(F)F. The summed E-state index contributed by atoms with van der Waals surface area (Å²) in [6.45, 7) is 8.04. The molecule has 0 aliphatic rings. The minimum atomic E-state index is -4.72. The Balaban J connectivity index is 1.47. The minimum Gasteiger partial charge on any atom is -0.309 e. The molecule has 3 nitrogen and oxygen atoms in total. The zero-order valence-corrected chi connectivity index (χ0v) is 29.2. The molecule has 0 unspecified atom stereocenters. The highest BCUT2D eigenvalue weighted by atomic mass is 19.4. The second-order valence-corrected chi connectivity index (χ2v) is 13.9. The topological polar surface area (TPSA) is 22.8 Å². The first-order chi connectivity index (χ1) is 25.0. The fraction of sp³-hybridized carbons (Fsp3) is 0.109. The van der Waals surface area contributed by atoms with Gasteiger partial charge in [-0.2, -0.15) is 13.2 Å². The maximum atomic E-state index is 16.1. The Bertz CT molecular complexity index is 2610. The first-order valence-corrected chi connectivity index (χ1v) is 17.4. The Morgan fingerprint density at radius 3 is 1.19 bits per heavy atom. The molecule has 0 aliphatic heterocycles. The van der Waals surface area contributed by atoms with Gasteiger partial charge in [0.15, 0.2) is 0 Å². The second-order valence-electron chi connectivity index (χ2n) is 13.9. The third kappa shape index (κ3) is 5.09. The van der Waals surface area contributed by atoms with Crippen molar-refractivity contribution in [2.24, 2.45) is 0 Å². The molecule has 0 saturated carbocycles. The van der Waals surface area contributed by atoms with Gasteiger partial charge in [0, 0.05) is 32.7 Å². The van der Waals surface area contributed by atoms with Gasteiger partial charge in [0.05, 0.1) is 44.8 Å². The van der Waals surface area contributed by atoms with Crippen molar-refractivity contribution in [1.82, 2.24) is 14.1 Å². The molecule has 0 amide bonds. The monoisotopic (exact) mass is 685 g/mol. The first-order valence-electron chi connectivity index (χ1n) is 17.4. The number of fused-ring (bicyclic) bond motifs is 6. The molecule has 3 aromatic heterocycles. The smallest absolute Gasteiger partial charge is 0.309 e. The number of hydrogen-bond acceptors (Lipinski definition) is 1. The number of benzene rings is 6. The molecule has 3 heterocycles. The molecular formula is C46H34F3N3. The summed E-state index contributed by atoms with van der Waals surface area (Å²) >= 11 is 0. The zero-order chi connectivity index (χ0) is 35.9. The standard InChI is InChI=1S/C46H34F3N3/c1-27-13-17-39-33(21-27)34-22-28(2)14-18-40(34)51(39)43-25-32(38-12-8-11-37(50-38)31-9-6-5-7-10-31)26-44(45(43)46(47,48)49)52-41-19-15-29(3)23-35(41)36-24-30(4)16-20-42(36)52/h5-26H,1-4H3. The molecule has 6 aromatic carbocycles. The lowest BCUT2D eigenvalue weighted by atomic mass is 10.0. The summed E-state index contributed by atoms with van der Waals surface area (Å²) in [5.74, 6) is 0. The van der Waals surface area contributed by atoms with Crippen molar-refractivity contribution in [3.05, 3.63) is 161 Å². The van der Waals surface area contributed by atoms with E-state index in [1.807, 2.05) is 125 Å². The first kappa shape index (κ1) is 31.8. The summed E-state index contributed by atoms with van der Waals surface area (Å²) in [4.78, 5) is 5.05. The van der Waals surface area contributed by atoms with Crippen LogP contribution in [-0.2, 0) is 6.18 Å². The number of aromatic nitrogens is 3. The molecule has 0 bridgehead atoms. The van der Waals surface area contributed by atoms with Gasteiger partial charge in [0.25, 0.3) is 0 Å². The third-order valence-corrected chi connectivity index (χ3v) is 10.1. The fourth-order valence-corrected chi connectivity index (χ4v) is 7.79. The van der Waals surface area contributed by atoms with Crippen LogP contribution in [0.3, 0.4) is 0 Å². The molecule has 0 N–H and O–H groups in total. The van der Waals surface area contributed by atoms with E-state index in [0.717, 1.165) is 55.1 Å².